The summed E-state index contributed by atoms with van der Waals surface area (Å²) in [5.74, 6) is -0.473. The summed E-state index contributed by atoms with van der Waals surface area (Å²) >= 11 is 2.94. The number of pyridine rings is 1. The summed E-state index contributed by atoms with van der Waals surface area (Å²) in [6.07, 6.45) is 2.39. The summed E-state index contributed by atoms with van der Waals surface area (Å²) in [6, 6.07) is 9.90. The minimum Gasteiger partial charge on any atom is -0.478 e. The fourth-order valence-corrected chi connectivity index (χ4v) is 5.56. The predicted molar refractivity (Wildman–Crippen MR) is 135 cm³/mol. The highest BCUT2D eigenvalue weighted by molar-refractivity contribution is 7.16. The molecule has 0 saturated heterocycles. The van der Waals surface area contributed by atoms with Crippen LogP contribution >= 0.6 is 22.7 Å². The van der Waals surface area contributed by atoms with Crippen molar-refractivity contribution in [1.82, 2.24) is 9.97 Å². The van der Waals surface area contributed by atoms with Crippen LogP contribution in [0.4, 0.5) is 19.7 Å². The van der Waals surface area contributed by atoms with Crippen LogP contribution in [0.15, 0.2) is 48.0 Å². The van der Waals surface area contributed by atoms with Crippen LogP contribution in [-0.4, -0.2) is 27.7 Å². The Hall–Kier alpha value is -3.37. The highest BCUT2D eigenvalue weighted by atomic mass is 32.1. The molecule has 0 amide bonds. The molecule has 0 unspecified atom stereocenters. The lowest BCUT2D eigenvalue weighted by Gasteiger charge is -2.08. The molecule has 0 bridgehead atoms. The van der Waals surface area contributed by atoms with Crippen molar-refractivity contribution in [3.63, 3.8) is 0 Å². The number of thiophene rings is 1. The third-order valence-corrected chi connectivity index (χ3v) is 7.09. The zero-order chi connectivity index (χ0) is 25.1. The van der Waals surface area contributed by atoms with E-state index in [1.165, 1.54) is 34.8 Å². The van der Waals surface area contributed by atoms with E-state index in [0.29, 0.717) is 16.7 Å². The number of hydrogen-bond donors (Lipinski definition) is 2. The molecule has 1 aromatic carbocycles. The lowest BCUT2D eigenvalue weighted by molar-refractivity contribution is -0.0498. The number of carboxylic acids is 1. The number of aromatic nitrogens is 2. The first-order valence-corrected chi connectivity index (χ1v) is 12.5. The topological polar surface area (TPSA) is 84.3 Å². The van der Waals surface area contributed by atoms with Crippen LogP contribution in [0.2, 0.25) is 0 Å². The smallest absolute Gasteiger partial charge is 0.387 e. The van der Waals surface area contributed by atoms with Gasteiger partial charge < -0.3 is 15.2 Å². The van der Waals surface area contributed by atoms with Crippen molar-refractivity contribution < 1.29 is 23.4 Å². The van der Waals surface area contributed by atoms with E-state index in [-0.39, 0.29) is 17.1 Å². The van der Waals surface area contributed by atoms with Gasteiger partial charge in [-0.1, -0.05) is 13.8 Å². The lowest BCUT2D eigenvalue weighted by Crippen LogP contribution is -2.05. The Kier molecular flexibility index (Phi) is 7.42. The molecule has 0 saturated carbocycles. The highest BCUT2D eigenvalue weighted by Crippen LogP contribution is 2.36. The number of rotatable bonds is 9. The number of aryl methyl sites for hydroxylation is 1. The highest BCUT2D eigenvalue weighted by Gasteiger charge is 2.19. The number of carboxylic acid groups (broad SMARTS) is 1. The van der Waals surface area contributed by atoms with E-state index in [2.05, 4.69) is 28.9 Å². The van der Waals surface area contributed by atoms with Gasteiger partial charge >= 0.3 is 12.6 Å². The van der Waals surface area contributed by atoms with E-state index in [9.17, 15) is 18.7 Å². The SMILES string of the molecule is Cc1csc(-c2cnc(Nc3nc(-c4ccc(OC(F)F)cc4)c(CC(C)C)s3)c(C(=O)O)c2)c1. The van der Waals surface area contributed by atoms with Gasteiger partial charge in [-0.15, -0.1) is 22.7 Å². The quantitative estimate of drug-likeness (QED) is 0.240. The van der Waals surface area contributed by atoms with Gasteiger partial charge in [0.2, 0.25) is 0 Å². The maximum Gasteiger partial charge on any atom is 0.387 e. The fourth-order valence-electron chi connectivity index (χ4n) is 3.48. The number of hydrogen-bond acceptors (Lipinski definition) is 7. The number of benzene rings is 1. The van der Waals surface area contributed by atoms with Crippen LogP contribution in [0.5, 0.6) is 5.75 Å². The third-order valence-electron chi connectivity index (χ3n) is 5.00. The average molecular weight is 516 g/mol. The molecule has 3 aromatic heterocycles. The first-order valence-electron chi connectivity index (χ1n) is 10.8. The lowest BCUT2D eigenvalue weighted by atomic mass is 10.0. The second-order valence-electron chi connectivity index (χ2n) is 8.33. The molecule has 0 fully saturated rings. The fraction of sp³-hybridized carbons (Fsp3) is 0.240. The largest absolute Gasteiger partial charge is 0.478 e. The number of carbonyl (C=O) groups is 1. The molecule has 0 aliphatic rings. The van der Waals surface area contributed by atoms with Crippen molar-refractivity contribution in [2.75, 3.05) is 5.32 Å². The number of aromatic carboxylic acids is 1. The van der Waals surface area contributed by atoms with E-state index in [1.54, 1.807) is 24.4 Å². The minimum atomic E-state index is -2.89. The molecule has 35 heavy (non-hydrogen) atoms. The molecule has 0 radical (unpaired) electrons. The van der Waals surface area contributed by atoms with Gasteiger partial charge in [-0.2, -0.15) is 8.78 Å². The van der Waals surface area contributed by atoms with Crippen molar-refractivity contribution in [2.24, 2.45) is 5.92 Å². The maximum atomic E-state index is 12.5. The maximum absolute atomic E-state index is 12.5. The van der Waals surface area contributed by atoms with Crippen molar-refractivity contribution in [2.45, 2.75) is 33.8 Å². The number of nitrogens with zero attached hydrogens (tertiary/aromatic N) is 2. The Morgan fingerprint density at radius 1 is 1.17 bits per heavy atom. The van der Waals surface area contributed by atoms with Crippen molar-refractivity contribution in [1.29, 1.82) is 0 Å². The Morgan fingerprint density at radius 3 is 2.51 bits per heavy atom. The standard InChI is InChI=1S/C25H23F2N3O3S2/c1-13(2)8-20-21(15-4-6-17(7-5-15)33-24(26)27)29-25(35-20)30-22-18(23(31)32)10-16(11-28-22)19-9-14(3)12-34-19/h4-7,9-13,24H,8H2,1-3H3,(H,31,32)(H,28,29,30). The van der Waals surface area contributed by atoms with Crippen LogP contribution < -0.4 is 10.1 Å². The first-order chi connectivity index (χ1) is 16.7. The van der Waals surface area contributed by atoms with Gasteiger partial charge in [0.05, 0.1) is 5.69 Å². The molecule has 2 N–H and O–H groups in total. The summed E-state index contributed by atoms with van der Waals surface area (Å²) < 4.78 is 29.4. The van der Waals surface area contributed by atoms with Crippen molar-refractivity contribution >= 4 is 39.6 Å². The monoisotopic (exact) mass is 515 g/mol. The summed E-state index contributed by atoms with van der Waals surface area (Å²) in [4.78, 5) is 23.0. The summed E-state index contributed by atoms with van der Waals surface area (Å²) in [7, 11) is 0. The molecular formula is C25H23F2N3O3S2. The third kappa shape index (κ3) is 6.01. The van der Waals surface area contributed by atoms with Gasteiger partial charge in [0.25, 0.3) is 0 Å². The zero-order valence-corrected chi connectivity index (χ0v) is 20.8. The number of ether oxygens (including phenoxy) is 1. The number of alkyl halides is 2. The van der Waals surface area contributed by atoms with E-state index in [4.69, 9.17) is 4.98 Å². The van der Waals surface area contributed by atoms with Gasteiger partial charge in [-0.3, -0.25) is 0 Å². The van der Waals surface area contributed by atoms with Crippen LogP contribution in [0.3, 0.4) is 0 Å². The predicted octanol–water partition coefficient (Wildman–Crippen LogP) is 7.48. The zero-order valence-electron chi connectivity index (χ0n) is 19.2. The van der Waals surface area contributed by atoms with E-state index in [1.807, 2.05) is 18.4 Å². The number of anilines is 2. The van der Waals surface area contributed by atoms with E-state index < -0.39 is 12.6 Å². The summed E-state index contributed by atoms with van der Waals surface area (Å²) in [5.41, 5.74) is 3.34. The van der Waals surface area contributed by atoms with Crippen molar-refractivity contribution in [3.8, 4) is 27.4 Å². The number of halogens is 2. The van der Waals surface area contributed by atoms with Gasteiger partial charge in [-0.25, -0.2) is 14.8 Å². The summed E-state index contributed by atoms with van der Waals surface area (Å²) in [5, 5.41) is 15.4. The molecule has 0 spiro atoms. The molecule has 6 nitrogen and oxygen atoms in total. The molecule has 3 heterocycles. The molecule has 4 aromatic rings. The van der Waals surface area contributed by atoms with Gasteiger partial charge in [-0.05, 0) is 66.6 Å². The molecule has 0 atom stereocenters. The van der Waals surface area contributed by atoms with Crippen LogP contribution in [-0.2, 0) is 6.42 Å². The Balaban J connectivity index is 1.66. The first kappa shape index (κ1) is 24.7. The molecule has 10 heteroatoms. The van der Waals surface area contributed by atoms with Gasteiger partial charge in [0, 0.05) is 27.1 Å². The molecule has 0 aliphatic carbocycles. The van der Waals surface area contributed by atoms with Crippen LogP contribution in [0.25, 0.3) is 21.7 Å². The van der Waals surface area contributed by atoms with Crippen LogP contribution in [0, 0.1) is 12.8 Å². The number of thiazole rings is 1. The van der Waals surface area contributed by atoms with E-state index >= 15 is 0 Å². The number of nitrogens with one attached hydrogen (secondary N) is 1. The molecule has 0 aliphatic heterocycles. The Bertz CT molecular complexity index is 1330. The minimum absolute atomic E-state index is 0.0456. The average Bonchev–Trinajstić information content (AvgIpc) is 3.39. The summed E-state index contributed by atoms with van der Waals surface area (Å²) in [6.45, 7) is 3.27. The molecular weight excluding hydrogens is 492 g/mol. The van der Waals surface area contributed by atoms with E-state index in [0.717, 1.165) is 32.9 Å². The van der Waals surface area contributed by atoms with Gasteiger partial charge in [0.15, 0.2) is 5.13 Å². The second-order valence-corrected chi connectivity index (χ2v) is 10.3. The second kappa shape index (κ2) is 10.5. The Morgan fingerprint density at radius 2 is 1.91 bits per heavy atom. The van der Waals surface area contributed by atoms with Crippen LogP contribution in [0.1, 0.15) is 34.6 Å². The van der Waals surface area contributed by atoms with Crippen molar-refractivity contribution in [3.05, 3.63) is 64.0 Å². The normalized spacial score (nSPS) is 11.3. The molecule has 182 valence electrons. The Labute approximate surface area is 209 Å². The van der Waals surface area contributed by atoms with Gasteiger partial charge in [0.1, 0.15) is 17.1 Å². The molecule has 4 rings (SSSR count).